The summed E-state index contributed by atoms with van der Waals surface area (Å²) in [5, 5.41) is 3.00. The van der Waals surface area contributed by atoms with Gasteiger partial charge in [-0.15, -0.1) is 0 Å². The lowest BCUT2D eigenvalue weighted by Gasteiger charge is -2.29. The van der Waals surface area contributed by atoms with E-state index < -0.39 is 18.0 Å². The second-order valence-electron chi connectivity index (χ2n) is 10.7. The first-order chi connectivity index (χ1) is 20.3. The summed E-state index contributed by atoms with van der Waals surface area (Å²) in [6, 6.07) is 16.6. The molecule has 1 saturated carbocycles. The summed E-state index contributed by atoms with van der Waals surface area (Å²) >= 11 is 5.91. The molecule has 2 aromatic carbocycles. The van der Waals surface area contributed by atoms with Gasteiger partial charge in [0.05, 0.1) is 27.3 Å². The lowest BCUT2D eigenvalue weighted by molar-refractivity contribution is 0.0904. The van der Waals surface area contributed by atoms with Crippen LogP contribution in [-0.4, -0.2) is 35.6 Å². The Kier molecular flexibility index (Phi) is 7.64. The van der Waals surface area contributed by atoms with Gasteiger partial charge < -0.3 is 9.88 Å². The summed E-state index contributed by atoms with van der Waals surface area (Å²) in [6.07, 6.45) is 4.80. The third-order valence-corrected chi connectivity index (χ3v) is 8.21. The molecule has 0 unspecified atom stereocenters. The van der Waals surface area contributed by atoms with Crippen LogP contribution < -0.4 is 11.0 Å². The number of carbonyl (C=O) groups is 1. The molecule has 0 bridgehead atoms. The fraction of sp³-hybridized carbons (Fsp3) is 0.290. The quantitative estimate of drug-likeness (QED) is 0.246. The Labute approximate surface area is 245 Å². The number of benzene rings is 2. The number of para-hydroxylation sites is 2. The number of hydrogen-bond donors (Lipinski definition) is 1. The predicted molar refractivity (Wildman–Crippen MR) is 157 cm³/mol. The van der Waals surface area contributed by atoms with E-state index in [2.05, 4.69) is 15.3 Å². The lowest BCUT2D eigenvalue weighted by Crippen LogP contribution is -2.39. The average molecular weight is 591 g/mol. The van der Waals surface area contributed by atoms with E-state index in [9.17, 15) is 18.4 Å². The highest BCUT2D eigenvalue weighted by Crippen LogP contribution is 2.29. The maximum absolute atomic E-state index is 13.8. The van der Waals surface area contributed by atoms with E-state index in [1.54, 1.807) is 10.8 Å². The number of amides is 1. The number of pyridine rings is 1. The number of nitrogens with one attached hydrogen (secondary N) is 1. The second kappa shape index (κ2) is 11.5. The minimum Gasteiger partial charge on any atom is -0.349 e. The minimum atomic E-state index is -2.88. The number of aromatic nitrogens is 5. The maximum atomic E-state index is 13.8. The SMILES string of the molecule is Cn1ccnc1-c1ccc(-n2c(=O)n(CC3CCC(NC(=O)c4cc(Cl)cnc4C(F)F)CC3)c3ccccc32)cc1. The molecule has 0 aliphatic heterocycles. The summed E-state index contributed by atoms with van der Waals surface area (Å²) in [4.78, 5) is 34.6. The van der Waals surface area contributed by atoms with Gasteiger partial charge in [-0.3, -0.25) is 18.9 Å². The van der Waals surface area contributed by atoms with Gasteiger partial charge in [-0.2, -0.15) is 0 Å². The Balaban J connectivity index is 1.17. The van der Waals surface area contributed by atoms with E-state index in [4.69, 9.17) is 11.6 Å². The third kappa shape index (κ3) is 5.34. The van der Waals surface area contributed by atoms with Crippen LogP contribution in [0.25, 0.3) is 28.1 Å². The number of halogens is 3. The molecule has 6 rings (SSSR count). The van der Waals surface area contributed by atoms with Gasteiger partial charge in [0, 0.05) is 43.8 Å². The Morgan fingerprint density at radius 3 is 2.43 bits per heavy atom. The molecule has 1 aliphatic rings. The molecule has 1 fully saturated rings. The van der Waals surface area contributed by atoms with Crippen LogP contribution in [0, 0.1) is 5.92 Å². The number of rotatable bonds is 7. The monoisotopic (exact) mass is 590 g/mol. The van der Waals surface area contributed by atoms with Crippen LogP contribution in [0.4, 0.5) is 8.78 Å². The van der Waals surface area contributed by atoms with Crippen molar-refractivity contribution >= 4 is 28.5 Å². The van der Waals surface area contributed by atoms with E-state index >= 15 is 0 Å². The fourth-order valence-corrected chi connectivity index (χ4v) is 6.01. The molecule has 1 amide bonds. The summed E-state index contributed by atoms with van der Waals surface area (Å²) in [6.45, 7) is 0.548. The van der Waals surface area contributed by atoms with Gasteiger partial charge in [0.15, 0.2) is 0 Å². The topological polar surface area (TPSA) is 86.7 Å². The Hall–Kier alpha value is -4.31. The molecule has 8 nitrogen and oxygen atoms in total. The molecule has 42 heavy (non-hydrogen) atoms. The zero-order valence-electron chi connectivity index (χ0n) is 22.9. The number of alkyl halides is 2. The first-order valence-corrected chi connectivity index (χ1v) is 14.2. The van der Waals surface area contributed by atoms with Gasteiger partial charge in [-0.05, 0) is 74.1 Å². The smallest absolute Gasteiger partial charge is 0.333 e. The largest absolute Gasteiger partial charge is 0.349 e. The van der Waals surface area contributed by atoms with E-state index in [-0.39, 0.29) is 28.2 Å². The predicted octanol–water partition coefficient (Wildman–Crippen LogP) is 6.17. The number of aryl methyl sites for hydroxylation is 1. The normalized spacial score (nSPS) is 17.2. The van der Waals surface area contributed by atoms with Crippen molar-refractivity contribution in [3.63, 3.8) is 0 Å². The van der Waals surface area contributed by atoms with Crippen LogP contribution in [0.3, 0.4) is 0 Å². The highest BCUT2D eigenvalue weighted by molar-refractivity contribution is 6.30. The summed E-state index contributed by atoms with van der Waals surface area (Å²) in [5.41, 5.74) is 2.54. The van der Waals surface area contributed by atoms with Crippen LogP contribution in [-0.2, 0) is 13.6 Å². The van der Waals surface area contributed by atoms with Crippen molar-refractivity contribution in [2.24, 2.45) is 13.0 Å². The highest BCUT2D eigenvalue weighted by Gasteiger charge is 2.27. The van der Waals surface area contributed by atoms with Gasteiger partial charge in [-0.25, -0.2) is 18.6 Å². The molecule has 1 N–H and O–H groups in total. The molecule has 11 heteroatoms. The molecular formula is C31H29ClF2N6O2. The second-order valence-corrected chi connectivity index (χ2v) is 11.1. The Bertz CT molecular complexity index is 1800. The maximum Gasteiger partial charge on any atom is 0.333 e. The van der Waals surface area contributed by atoms with Crippen molar-refractivity contribution in [3.05, 3.63) is 100.0 Å². The van der Waals surface area contributed by atoms with Gasteiger partial charge in [0.25, 0.3) is 12.3 Å². The first kappa shape index (κ1) is 27.8. The van der Waals surface area contributed by atoms with Gasteiger partial charge in [-0.1, -0.05) is 23.7 Å². The van der Waals surface area contributed by atoms with E-state index in [1.165, 1.54) is 6.07 Å². The molecular weight excluding hydrogens is 562 g/mol. The van der Waals surface area contributed by atoms with Crippen molar-refractivity contribution in [2.75, 3.05) is 0 Å². The summed E-state index contributed by atoms with van der Waals surface area (Å²) in [7, 11) is 1.94. The number of fused-ring (bicyclic) bond motifs is 1. The Morgan fingerprint density at radius 1 is 1.05 bits per heavy atom. The molecule has 3 aromatic heterocycles. The van der Waals surface area contributed by atoms with Crippen molar-refractivity contribution in [1.82, 2.24) is 29.0 Å². The number of imidazole rings is 2. The first-order valence-electron chi connectivity index (χ1n) is 13.8. The average Bonchev–Trinajstić information content (AvgIpc) is 3.54. The molecule has 0 saturated heterocycles. The van der Waals surface area contributed by atoms with Gasteiger partial charge >= 0.3 is 5.69 Å². The molecule has 0 atom stereocenters. The zero-order valence-corrected chi connectivity index (χ0v) is 23.6. The van der Waals surface area contributed by atoms with Crippen LogP contribution in [0.15, 0.2) is 78.0 Å². The number of carbonyl (C=O) groups excluding carboxylic acids is 1. The number of hydrogen-bond acceptors (Lipinski definition) is 4. The molecule has 0 spiro atoms. The van der Waals surface area contributed by atoms with Crippen LogP contribution in [0.5, 0.6) is 0 Å². The third-order valence-electron chi connectivity index (χ3n) is 8.00. The van der Waals surface area contributed by atoms with Crippen molar-refractivity contribution < 1.29 is 13.6 Å². The lowest BCUT2D eigenvalue weighted by atomic mass is 9.85. The zero-order chi connectivity index (χ0) is 29.4. The minimum absolute atomic E-state index is 0.107. The fourth-order valence-electron chi connectivity index (χ4n) is 5.85. The molecule has 5 aromatic rings. The van der Waals surface area contributed by atoms with Crippen molar-refractivity contribution in [3.8, 4) is 17.1 Å². The Morgan fingerprint density at radius 2 is 1.76 bits per heavy atom. The van der Waals surface area contributed by atoms with Gasteiger partial charge in [0.1, 0.15) is 11.5 Å². The summed E-state index contributed by atoms with van der Waals surface area (Å²) in [5.74, 6) is 0.476. The molecule has 1 aliphatic carbocycles. The van der Waals surface area contributed by atoms with Crippen LogP contribution in [0.2, 0.25) is 5.02 Å². The van der Waals surface area contributed by atoms with E-state index in [1.807, 2.05) is 70.9 Å². The highest BCUT2D eigenvalue weighted by atomic mass is 35.5. The standard InChI is InChI=1S/C31H29ClF2N6O2/c1-38-15-14-35-29(38)20-8-12-23(13-9-20)40-26-5-3-2-4-25(26)39(31(40)42)18-19-6-10-22(11-7-19)37-30(41)24-16-21(32)17-36-27(24)28(33)34/h2-5,8-9,12-17,19,22,28H,6-7,10-11,18H2,1H3,(H,37,41). The van der Waals surface area contributed by atoms with Crippen LogP contribution >= 0.6 is 11.6 Å². The van der Waals surface area contributed by atoms with Crippen molar-refractivity contribution in [2.45, 2.75) is 44.7 Å². The summed E-state index contributed by atoms with van der Waals surface area (Å²) < 4.78 is 32.3. The number of nitrogens with zero attached hydrogens (tertiary/aromatic N) is 5. The van der Waals surface area contributed by atoms with Gasteiger partial charge in [0.2, 0.25) is 0 Å². The van der Waals surface area contributed by atoms with E-state index in [0.717, 1.165) is 47.1 Å². The van der Waals surface area contributed by atoms with E-state index in [0.29, 0.717) is 19.4 Å². The van der Waals surface area contributed by atoms with Crippen LogP contribution in [0.1, 0.15) is 48.2 Å². The van der Waals surface area contributed by atoms with Crippen molar-refractivity contribution in [1.29, 1.82) is 0 Å². The molecule has 0 radical (unpaired) electrons. The molecule has 3 heterocycles. The molecule has 216 valence electrons.